The number of carbonyl (C=O) groups is 1. The summed E-state index contributed by atoms with van der Waals surface area (Å²) < 4.78 is 5.00. The van der Waals surface area contributed by atoms with Crippen molar-refractivity contribution in [2.75, 3.05) is 13.4 Å². The van der Waals surface area contributed by atoms with Crippen molar-refractivity contribution < 1.29 is 9.53 Å². The first-order valence-electron chi connectivity index (χ1n) is 6.09. The van der Waals surface area contributed by atoms with Crippen LogP contribution in [0.3, 0.4) is 0 Å². The van der Waals surface area contributed by atoms with E-state index in [0.717, 1.165) is 19.3 Å². The molecule has 2 aliphatic rings. The van der Waals surface area contributed by atoms with Gasteiger partial charge >= 0.3 is 5.97 Å². The van der Waals surface area contributed by atoms with Crippen LogP contribution in [0.5, 0.6) is 0 Å². The molecule has 0 heterocycles. The fourth-order valence-electron chi connectivity index (χ4n) is 2.61. The molecule has 2 saturated carbocycles. The lowest BCUT2D eigenvalue weighted by molar-refractivity contribution is -0.150. The number of methoxy groups -OCH3 is 1. The Morgan fingerprint density at radius 2 is 2.19 bits per heavy atom. The molecule has 0 aromatic heterocycles. The van der Waals surface area contributed by atoms with E-state index >= 15 is 0 Å². The van der Waals surface area contributed by atoms with Crippen molar-refractivity contribution in [2.45, 2.75) is 55.4 Å². The molecule has 0 amide bonds. The van der Waals surface area contributed by atoms with Crippen LogP contribution in [0.4, 0.5) is 0 Å². The normalized spacial score (nSPS) is 34.8. The number of hydrogen-bond donors (Lipinski definition) is 1. The predicted molar refractivity (Wildman–Crippen MR) is 66.7 cm³/mol. The summed E-state index contributed by atoms with van der Waals surface area (Å²) in [6.45, 7) is 0. The third kappa shape index (κ3) is 2.54. The van der Waals surface area contributed by atoms with Gasteiger partial charge in [-0.1, -0.05) is 0 Å². The molecule has 0 bridgehead atoms. The van der Waals surface area contributed by atoms with Crippen LogP contribution in [0.2, 0.25) is 0 Å². The van der Waals surface area contributed by atoms with Crippen molar-refractivity contribution in [3.63, 3.8) is 0 Å². The van der Waals surface area contributed by atoms with Crippen LogP contribution >= 0.6 is 11.8 Å². The van der Waals surface area contributed by atoms with E-state index in [1.807, 2.05) is 11.8 Å². The van der Waals surface area contributed by atoms with Crippen LogP contribution in [0, 0.1) is 0 Å². The van der Waals surface area contributed by atoms with E-state index < -0.39 is 0 Å². The van der Waals surface area contributed by atoms with Crippen LogP contribution < -0.4 is 5.32 Å². The molecule has 0 aliphatic heterocycles. The lowest BCUT2D eigenvalue weighted by atomic mass is 9.81. The number of ether oxygens (including phenoxy) is 1. The Bertz CT molecular complexity index is 268. The zero-order chi connectivity index (χ0) is 11.6. The zero-order valence-electron chi connectivity index (χ0n) is 10.1. The van der Waals surface area contributed by atoms with Gasteiger partial charge in [-0.15, -0.1) is 0 Å². The SMILES string of the molecule is COC(=O)C1(NC2CC2)CCCC(SC)C1. The molecular weight excluding hydrogens is 222 g/mol. The second-order valence-corrected chi connectivity index (χ2v) is 6.08. The minimum atomic E-state index is -0.387. The zero-order valence-corrected chi connectivity index (χ0v) is 10.9. The number of hydrogen-bond acceptors (Lipinski definition) is 4. The molecule has 2 aliphatic carbocycles. The molecule has 2 rings (SSSR count). The van der Waals surface area contributed by atoms with Gasteiger partial charge in [-0.2, -0.15) is 11.8 Å². The van der Waals surface area contributed by atoms with Crippen molar-refractivity contribution in [1.29, 1.82) is 0 Å². The first kappa shape index (κ1) is 12.2. The highest BCUT2D eigenvalue weighted by atomic mass is 32.2. The fraction of sp³-hybridized carbons (Fsp3) is 0.917. The van der Waals surface area contributed by atoms with Gasteiger partial charge in [0.25, 0.3) is 0 Å². The largest absolute Gasteiger partial charge is 0.468 e. The minimum absolute atomic E-state index is 0.0573. The average Bonchev–Trinajstić information content (AvgIpc) is 3.12. The number of esters is 1. The predicted octanol–water partition coefficient (Wildman–Crippen LogP) is 1.96. The fourth-order valence-corrected chi connectivity index (χ4v) is 3.47. The highest BCUT2D eigenvalue weighted by molar-refractivity contribution is 7.99. The van der Waals surface area contributed by atoms with Gasteiger partial charge in [0.1, 0.15) is 5.54 Å². The summed E-state index contributed by atoms with van der Waals surface area (Å²) in [6.07, 6.45) is 8.78. The van der Waals surface area contributed by atoms with Crippen molar-refractivity contribution in [1.82, 2.24) is 5.32 Å². The summed E-state index contributed by atoms with van der Waals surface area (Å²) in [4.78, 5) is 12.0. The Labute approximate surface area is 102 Å². The van der Waals surface area contributed by atoms with Crippen molar-refractivity contribution in [2.24, 2.45) is 0 Å². The highest BCUT2D eigenvalue weighted by Gasteiger charge is 2.46. The molecule has 1 N–H and O–H groups in total. The van der Waals surface area contributed by atoms with Crippen LogP contribution in [0.15, 0.2) is 0 Å². The molecule has 0 aromatic carbocycles. The summed E-state index contributed by atoms with van der Waals surface area (Å²) in [6, 6.07) is 0.555. The highest BCUT2D eigenvalue weighted by Crippen LogP contribution is 2.37. The Morgan fingerprint density at radius 3 is 2.75 bits per heavy atom. The Kier molecular flexibility index (Phi) is 3.80. The van der Waals surface area contributed by atoms with Crippen molar-refractivity contribution >= 4 is 17.7 Å². The van der Waals surface area contributed by atoms with E-state index in [9.17, 15) is 4.79 Å². The molecule has 92 valence electrons. The molecule has 0 radical (unpaired) electrons. The molecule has 2 atom stereocenters. The van der Waals surface area contributed by atoms with E-state index in [1.165, 1.54) is 26.4 Å². The molecule has 16 heavy (non-hydrogen) atoms. The van der Waals surface area contributed by atoms with Gasteiger partial charge in [-0.05, 0) is 44.8 Å². The van der Waals surface area contributed by atoms with E-state index in [2.05, 4.69) is 11.6 Å². The van der Waals surface area contributed by atoms with Crippen molar-refractivity contribution in [3.8, 4) is 0 Å². The number of carbonyl (C=O) groups excluding carboxylic acids is 1. The molecule has 2 fully saturated rings. The maximum atomic E-state index is 12.0. The van der Waals surface area contributed by atoms with E-state index in [-0.39, 0.29) is 11.5 Å². The summed E-state index contributed by atoms with van der Waals surface area (Å²) >= 11 is 1.88. The maximum Gasteiger partial charge on any atom is 0.326 e. The smallest absolute Gasteiger partial charge is 0.326 e. The lowest BCUT2D eigenvalue weighted by Gasteiger charge is -2.39. The number of thioether (sulfide) groups is 1. The van der Waals surface area contributed by atoms with E-state index in [1.54, 1.807) is 0 Å². The Morgan fingerprint density at radius 1 is 1.44 bits per heavy atom. The Balaban J connectivity index is 2.08. The first-order chi connectivity index (χ1) is 7.70. The summed E-state index contributed by atoms with van der Waals surface area (Å²) in [7, 11) is 1.50. The first-order valence-corrected chi connectivity index (χ1v) is 7.38. The van der Waals surface area contributed by atoms with Crippen LogP contribution in [0.1, 0.15) is 38.5 Å². The monoisotopic (exact) mass is 243 g/mol. The van der Waals surface area contributed by atoms with Gasteiger partial charge in [0.2, 0.25) is 0 Å². The van der Waals surface area contributed by atoms with Gasteiger partial charge < -0.3 is 4.74 Å². The standard InChI is InChI=1S/C12H21NO2S/c1-15-11(14)12(13-9-5-6-9)7-3-4-10(8-12)16-2/h9-10,13H,3-8H2,1-2H3. The van der Waals surface area contributed by atoms with Gasteiger partial charge in [0.05, 0.1) is 7.11 Å². The number of nitrogens with one attached hydrogen (secondary N) is 1. The van der Waals surface area contributed by atoms with Gasteiger partial charge in [-0.3, -0.25) is 10.1 Å². The van der Waals surface area contributed by atoms with Gasteiger partial charge in [-0.25, -0.2) is 0 Å². The third-order valence-electron chi connectivity index (χ3n) is 3.67. The van der Waals surface area contributed by atoms with Crippen molar-refractivity contribution in [3.05, 3.63) is 0 Å². The molecule has 3 nitrogen and oxygen atoms in total. The lowest BCUT2D eigenvalue weighted by Crippen LogP contribution is -2.56. The average molecular weight is 243 g/mol. The van der Waals surface area contributed by atoms with Crippen LogP contribution in [0.25, 0.3) is 0 Å². The van der Waals surface area contributed by atoms with Gasteiger partial charge in [0, 0.05) is 11.3 Å². The second kappa shape index (κ2) is 4.96. The second-order valence-electron chi connectivity index (χ2n) is 4.95. The molecule has 0 aromatic rings. The molecule has 0 saturated heterocycles. The summed E-state index contributed by atoms with van der Waals surface area (Å²) in [5.41, 5.74) is -0.387. The molecule has 0 spiro atoms. The maximum absolute atomic E-state index is 12.0. The molecule has 2 unspecified atom stereocenters. The van der Waals surface area contributed by atoms with Crippen LogP contribution in [-0.4, -0.2) is 36.2 Å². The molecular formula is C12H21NO2S. The van der Waals surface area contributed by atoms with Gasteiger partial charge in [0.15, 0.2) is 0 Å². The molecule has 4 heteroatoms. The summed E-state index contributed by atoms with van der Waals surface area (Å²) in [5.74, 6) is -0.0573. The minimum Gasteiger partial charge on any atom is -0.468 e. The van der Waals surface area contributed by atoms with Crippen LogP contribution in [-0.2, 0) is 9.53 Å². The summed E-state index contributed by atoms with van der Waals surface area (Å²) in [5, 5.41) is 4.13. The Hall–Kier alpha value is -0.220. The quantitative estimate of drug-likeness (QED) is 0.766. The topological polar surface area (TPSA) is 38.3 Å². The number of rotatable bonds is 4. The third-order valence-corrected chi connectivity index (χ3v) is 4.74. The van der Waals surface area contributed by atoms with E-state index in [4.69, 9.17) is 4.74 Å². The van der Waals surface area contributed by atoms with E-state index in [0.29, 0.717) is 11.3 Å².